The second-order valence-electron chi connectivity index (χ2n) is 8.43. The SMILES string of the molecule is Cc1ccccc1C(=O)Oc1ccc(/C=N\NC(=O)C(=O)Nc2ccccc2C(=O)Nc2ccc(Cl)cc2)cc1. The maximum absolute atomic E-state index is 12.7. The summed E-state index contributed by atoms with van der Waals surface area (Å²) in [6.45, 7) is 1.82. The van der Waals surface area contributed by atoms with E-state index in [2.05, 4.69) is 21.2 Å². The van der Waals surface area contributed by atoms with E-state index in [0.717, 1.165) is 5.56 Å². The summed E-state index contributed by atoms with van der Waals surface area (Å²) in [6, 6.07) is 26.3. The molecule has 200 valence electrons. The Labute approximate surface area is 234 Å². The zero-order chi connectivity index (χ0) is 28.5. The fraction of sp³-hybridized carbons (Fsp3) is 0.0333. The number of aryl methyl sites for hydroxylation is 1. The molecule has 0 heterocycles. The summed E-state index contributed by atoms with van der Waals surface area (Å²) >= 11 is 5.87. The number of hydrazone groups is 1. The number of carbonyl (C=O) groups excluding carboxylic acids is 4. The smallest absolute Gasteiger partial charge is 0.343 e. The lowest BCUT2D eigenvalue weighted by atomic mass is 10.1. The number of esters is 1. The zero-order valence-corrected chi connectivity index (χ0v) is 21.9. The van der Waals surface area contributed by atoms with Gasteiger partial charge in [-0.25, -0.2) is 10.2 Å². The number of hydrogen-bond acceptors (Lipinski definition) is 6. The van der Waals surface area contributed by atoms with Crippen LogP contribution >= 0.6 is 11.6 Å². The van der Waals surface area contributed by atoms with Gasteiger partial charge in [-0.1, -0.05) is 41.9 Å². The van der Waals surface area contributed by atoms with Crippen molar-refractivity contribution in [2.24, 2.45) is 5.10 Å². The predicted molar refractivity (Wildman–Crippen MR) is 153 cm³/mol. The van der Waals surface area contributed by atoms with Gasteiger partial charge in [0.1, 0.15) is 5.75 Å². The van der Waals surface area contributed by atoms with Gasteiger partial charge in [0.25, 0.3) is 5.91 Å². The Bertz CT molecular complexity index is 1580. The van der Waals surface area contributed by atoms with Crippen LogP contribution in [0.5, 0.6) is 5.75 Å². The first-order chi connectivity index (χ1) is 19.3. The van der Waals surface area contributed by atoms with Crippen LogP contribution < -0.4 is 20.8 Å². The van der Waals surface area contributed by atoms with E-state index in [1.165, 1.54) is 18.3 Å². The molecule has 4 rings (SSSR count). The third kappa shape index (κ3) is 7.40. The van der Waals surface area contributed by atoms with E-state index in [9.17, 15) is 19.2 Å². The van der Waals surface area contributed by atoms with Gasteiger partial charge in [-0.15, -0.1) is 0 Å². The van der Waals surface area contributed by atoms with Crippen LogP contribution in [-0.2, 0) is 9.59 Å². The summed E-state index contributed by atoms with van der Waals surface area (Å²) in [5, 5.41) is 9.44. The standard InChI is InChI=1S/C30H23ClN4O5/c1-19-6-2-3-7-24(19)30(39)40-23-16-10-20(11-17-23)18-32-35-29(38)28(37)34-26-9-5-4-8-25(26)27(36)33-22-14-12-21(31)13-15-22/h2-18H,1H3,(H,33,36)(H,34,37)(H,35,38)/b32-18-. The van der Waals surface area contributed by atoms with Crippen LogP contribution in [0.25, 0.3) is 0 Å². The first-order valence-electron chi connectivity index (χ1n) is 12.0. The Morgan fingerprint density at radius 1 is 0.750 bits per heavy atom. The molecule has 0 atom stereocenters. The van der Waals surface area contributed by atoms with Crippen molar-refractivity contribution in [3.05, 3.63) is 124 Å². The van der Waals surface area contributed by atoms with Gasteiger partial charge in [-0.05, 0) is 84.8 Å². The van der Waals surface area contributed by atoms with Gasteiger partial charge >= 0.3 is 17.8 Å². The molecule has 4 aromatic carbocycles. The fourth-order valence-electron chi connectivity index (χ4n) is 3.50. The highest BCUT2D eigenvalue weighted by molar-refractivity contribution is 6.40. The molecule has 10 heteroatoms. The van der Waals surface area contributed by atoms with Crippen LogP contribution in [0.4, 0.5) is 11.4 Å². The molecule has 0 aromatic heterocycles. The molecule has 4 aromatic rings. The van der Waals surface area contributed by atoms with Crippen molar-refractivity contribution in [3.8, 4) is 5.75 Å². The number of halogens is 1. The summed E-state index contributed by atoms with van der Waals surface area (Å²) in [7, 11) is 0. The number of nitrogens with one attached hydrogen (secondary N) is 3. The molecular weight excluding hydrogens is 532 g/mol. The third-order valence-corrected chi connectivity index (χ3v) is 5.82. The van der Waals surface area contributed by atoms with E-state index in [1.807, 2.05) is 19.1 Å². The number of nitrogens with zero attached hydrogens (tertiary/aromatic N) is 1. The summed E-state index contributed by atoms with van der Waals surface area (Å²) in [5.41, 5.74) is 4.82. The first-order valence-corrected chi connectivity index (χ1v) is 12.4. The first kappa shape index (κ1) is 27.7. The number of para-hydroxylation sites is 1. The number of carbonyl (C=O) groups is 4. The topological polar surface area (TPSA) is 126 Å². The highest BCUT2D eigenvalue weighted by Crippen LogP contribution is 2.19. The molecule has 0 fully saturated rings. The summed E-state index contributed by atoms with van der Waals surface area (Å²) in [6.07, 6.45) is 1.33. The molecule has 0 saturated carbocycles. The van der Waals surface area contributed by atoms with Crippen molar-refractivity contribution in [1.82, 2.24) is 5.43 Å². The number of anilines is 2. The van der Waals surface area contributed by atoms with E-state index < -0.39 is 23.7 Å². The van der Waals surface area contributed by atoms with Crippen molar-refractivity contribution in [2.45, 2.75) is 6.92 Å². The van der Waals surface area contributed by atoms with Gasteiger partial charge in [-0.3, -0.25) is 14.4 Å². The zero-order valence-electron chi connectivity index (χ0n) is 21.2. The van der Waals surface area contributed by atoms with Crippen LogP contribution in [-0.4, -0.2) is 29.9 Å². The number of hydrogen-bond donors (Lipinski definition) is 3. The summed E-state index contributed by atoms with van der Waals surface area (Å²) in [4.78, 5) is 49.8. The van der Waals surface area contributed by atoms with E-state index in [4.69, 9.17) is 16.3 Å². The monoisotopic (exact) mass is 554 g/mol. The van der Waals surface area contributed by atoms with Crippen molar-refractivity contribution in [1.29, 1.82) is 0 Å². The Morgan fingerprint density at radius 2 is 1.40 bits per heavy atom. The Morgan fingerprint density at radius 3 is 2.10 bits per heavy atom. The predicted octanol–water partition coefficient (Wildman–Crippen LogP) is 5.21. The van der Waals surface area contributed by atoms with E-state index in [1.54, 1.807) is 72.8 Å². The molecule has 0 radical (unpaired) electrons. The van der Waals surface area contributed by atoms with Gasteiger partial charge in [-0.2, -0.15) is 5.10 Å². The van der Waals surface area contributed by atoms with E-state index in [-0.39, 0.29) is 11.3 Å². The maximum Gasteiger partial charge on any atom is 0.343 e. The minimum absolute atomic E-state index is 0.147. The summed E-state index contributed by atoms with van der Waals surface area (Å²) < 4.78 is 5.39. The lowest BCUT2D eigenvalue weighted by molar-refractivity contribution is -0.136. The normalized spacial score (nSPS) is 10.6. The minimum atomic E-state index is -1.03. The van der Waals surface area contributed by atoms with Gasteiger partial charge in [0.15, 0.2) is 0 Å². The van der Waals surface area contributed by atoms with Crippen molar-refractivity contribution in [3.63, 3.8) is 0 Å². The van der Waals surface area contributed by atoms with Gasteiger partial charge in [0, 0.05) is 10.7 Å². The molecule has 9 nitrogen and oxygen atoms in total. The van der Waals surface area contributed by atoms with Gasteiger partial charge < -0.3 is 15.4 Å². The molecule has 0 aliphatic rings. The van der Waals surface area contributed by atoms with Crippen molar-refractivity contribution in [2.75, 3.05) is 10.6 Å². The minimum Gasteiger partial charge on any atom is -0.423 e. The molecule has 0 aliphatic heterocycles. The number of ether oxygens (including phenoxy) is 1. The van der Waals surface area contributed by atoms with Gasteiger partial charge in [0.2, 0.25) is 0 Å². The Balaban J connectivity index is 1.31. The molecule has 0 spiro atoms. The molecule has 0 bridgehead atoms. The van der Waals surface area contributed by atoms with Crippen molar-refractivity contribution >= 4 is 52.9 Å². The van der Waals surface area contributed by atoms with Crippen molar-refractivity contribution < 1.29 is 23.9 Å². The molecule has 3 amide bonds. The number of rotatable bonds is 7. The maximum atomic E-state index is 12.7. The average molecular weight is 555 g/mol. The Kier molecular flexibility index (Phi) is 9.01. The lowest BCUT2D eigenvalue weighted by Crippen LogP contribution is -2.33. The molecular formula is C30H23ClN4O5. The highest BCUT2D eigenvalue weighted by Gasteiger charge is 2.18. The fourth-order valence-corrected chi connectivity index (χ4v) is 3.63. The van der Waals surface area contributed by atoms with Crippen LogP contribution in [0.1, 0.15) is 31.8 Å². The van der Waals surface area contributed by atoms with Crippen LogP contribution in [0.2, 0.25) is 5.02 Å². The largest absolute Gasteiger partial charge is 0.423 e. The Hall–Kier alpha value is -5.28. The summed E-state index contributed by atoms with van der Waals surface area (Å²) in [5.74, 6) is -2.66. The van der Waals surface area contributed by atoms with Gasteiger partial charge in [0.05, 0.1) is 23.0 Å². The number of amides is 3. The quantitative estimate of drug-likeness (QED) is 0.0950. The average Bonchev–Trinajstić information content (AvgIpc) is 2.95. The van der Waals surface area contributed by atoms with E-state index in [0.29, 0.717) is 27.6 Å². The van der Waals surface area contributed by atoms with E-state index >= 15 is 0 Å². The third-order valence-electron chi connectivity index (χ3n) is 5.56. The van der Waals surface area contributed by atoms with Crippen LogP contribution in [0.3, 0.4) is 0 Å². The second kappa shape index (κ2) is 13.0. The van der Waals surface area contributed by atoms with Crippen LogP contribution in [0.15, 0.2) is 102 Å². The molecule has 0 saturated heterocycles. The van der Waals surface area contributed by atoms with Crippen LogP contribution in [0, 0.1) is 6.92 Å². The highest BCUT2D eigenvalue weighted by atomic mass is 35.5. The molecule has 0 unspecified atom stereocenters. The molecule has 40 heavy (non-hydrogen) atoms. The lowest BCUT2D eigenvalue weighted by Gasteiger charge is -2.11. The number of benzene rings is 4. The second-order valence-corrected chi connectivity index (χ2v) is 8.87. The molecule has 0 aliphatic carbocycles. The molecule has 3 N–H and O–H groups in total.